The minimum atomic E-state index is -0.125. The molecule has 0 bridgehead atoms. The molecule has 1 aliphatic carbocycles. The van der Waals surface area contributed by atoms with Crippen LogP contribution in [-0.4, -0.2) is 15.9 Å². The van der Waals surface area contributed by atoms with Gasteiger partial charge in [0.25, 0.3) is 0 Å². The first-order valence-corrected chi connectivity index (χ1v) is 15.4. The molecule has 1 aromatic heterocycles. The standard InChI is InChI=1S/C36H34N.C5H8O2.Ir/c1-22(2)15-25-11-13-26(14-12-25)29-20-34(27-17-23(3)16-24(4)18-27)37-35-21-33-30(19-31(29)35)28-9-7-8-10-32(28)36(33,5)6;1-4(6)3-5(2)7;/h7-14,16-17,19-22H,15H2,1-6H3;3,6H,1-2H3;/q-1;;/b;4-3-;. The minimum absolute atomic E-state index is 0. The van der Waals surface area contributed by atoms with Crippen LogP contribution < -0.4 is 0 Å². The minimum Gasteiger partial charge on any atom is -0.512 e. The first kappa shape index (κ1) is 34.0. The molecule has 0 atom stereocenters. The van der Waals surface area contributed by atoms with Crippen LogP contribution in [0.1, 0.15) is 69.4 Å². The third-order valence-corrected chi connectivity index (χ3v) is 8.26. The molecule has 3 nitrogen and oxygen atoms in total. The van der Waals surface area contributed by atoms with E-state index in [0.717, 1.165) is 28.8 Å². The van der Waals surface area contributed by atoms with E-state index < -0.39 is 0 Å². The number of aliphatic hydroxyl groups is 1. The maximum absolute atomic E-state index is 10.0. The zero-order valence-corrected chi connectivity index (χ0v) is 29.9. The second-order valence-corrected chi connectivity index (χ2v) is 13.1. The number of aliphatic hydroxyl groups excluding tert-OH is 1. The number of hydrogen-bond donors (Lipinski definition) is 1. The number of nitrogens with zero attached hydrogens (tertiary/aromatic N) is 1. The van der Waals surface area contributed by atoms with E-state index in [1.165, 1.54) is 69.8 Å². The Balaban J connectivity index is 0.000000519. The summed E-state index contributed by atoms with van der Waals surface area (Å²) in [6.45, 7) is 16.3. The Morgan fingerprint density at radius 1 is 0.889 bits per heavy atom. The van der Waals surface area contributed by atoms with Gasteiger partial charge in [-0.25, -0.2) is 0 Å². The molecule has 0 spiro atoms. The molecular weight excluding hydrogens is 731 g/mol. The maximum Gasteiger partial charge on any atom is 0.155 e. The summed E-state index contributed by atoms with van der Waals surface area (Å²) >= 11 is 0. The molecule has 233 valence electrons. The van der Waals surface area contributed by atoms with Gasteiger partial charge >= 0.3 is 0 Å². The predicted molar refractivity (Wildman–Crippen MR) is 184 cm³/mol. The molecule has 4 heteroatoms. The van der Waals surface area contributed by atoms with Crippen LogP contribution in [0.3, 0.4) is 0 Å². The van der Waals surface area contributed by atoms with E-state index >= 15 is 0 Å². The number of fused-ring (bicyclic) bond motifs is 4. The van der Waals surface area contributed by atoms with E-state index in [9.17, 15) is 4.79 Å². The summed E-state index contributed by atoms with van der Waals surface area (Å²) in [4.78, 5) is 15.3. The molecule has 1 radical (unpaired) electrons. The van der Waals surface area contributed by atoms with Gasteiger partial charge in [-0.15, -0.1) is 34.9 Å². The molecule has 1 heterocycles. The van der Waals surface area contributed by atoms with E-state index in [1.807, 2.05) is 0 Å². The van der Waals surface area contributed by atoms with Crippen molar-refractivity contribution in [1.29, 1.82) is 0 Å². The number of pyridine rings is 1. The topological polar surface area (TPSA) is 50.2 Å². The summed E-state index contributed by atoms with van der Waals surface area (Å²) in [5.74, 6) is 0.581. The molecule has 4 aromatic carbocycles. The molecule has 0 unspecified atom stereocenters. The summed E-state index contributed by atoms with van der Waals surface area (Å²) in [5, 5.41) is 9.57. The van der Waals surface area contributed by atoms with Gasteiger partial charge in [0.15, 0.2) is 5.78 Å². The van der Waals surface area contributed by atoms with Crippen molar-refractivity contribution in [2.75, 3.05) is 0 Å². The van der Waals surface area contributed by atoms with Crippen molar-refractivity contribution < 1.29 is 30.0 Å². The van der Waals surface area contributed by atoms with Crippen LogP contribution in [0.15, 0.2) is 90.7 Å². The number of benzene rings is 4. The summed E-state index contributed by atoms with van der Waals surface area (Å²) < 4.78 is 0. The fourth-order valence-corrected chi connectivity index (χ4v) is 6.42. The van der Waals surface area contributed by atoms with E-state index in [-0.39, 0.29) is 37.1 Å². The summed E-state index contributed by atoms with van der Waals surface area (Å²) in [7, 11) is 0. The zero-order chi connectivity index (χ0) is 31.8. The van der Waals surface area contributed by atoms with E-state index in [0.29, 0.717) is 5.92 Å². The van der Waals surface area contributed by atoms with Crippen LogP contribution in [-0.2, 0) is 36.7 Å². The van der Waals surface area contributed by atoms with Crippen LogP contribution in [0.2, 0.25) is 0 Å². The second kappa shape index (κ2) is 13.6. The SMILES string of the molecule is CC(=O)/C=C(/C)O.Cc1[c-]c(-c2cc(-c3ccc(CC(C)C)cc3)c3cc4c(cc3n2)C(C)(C)c2ccccc2-4)cc(C)c1.[Ir]. The van der Waals surface area contributed by atoms with E-state index in [4.69, 9.17) is 10.1 Å². The maximum atomic E-state index is 10.0. The molecular formula is C41H42IrNO2-. The van der Waals surface area contributed by atoms with Crippen LogP contribution in [0, 0.1) is 25.8 Å². The van der Waals surface area contributed by atoms with Crippen LogP contribution in [0.4, 0.5) is 0 Å². The Morgan fingerprint density at radius 2 is 1.58 bits per heavy atom. The van der Waals surface area contributed by atoms with Gasteiger partial charge in [0, 0.05) is 37.0 Å². The van der Waals surface area contributed by atoms with Crippen molar-refractivity contribution in [3.05, 3.63) is 125 Å². The molecule has 0 fully saturated rings. The average Bonchev–Trinajstić information content (AvgIpc) is 3.16. The third-order valence-electron chi connectivity index (χ3n) is 8.26. The number of allylic oxidation sites excluding steroid dienone is 2. The van der Waals surface area contributed by atoms with Crippen molar-refractivity contribution in [2.45, 2.75) is 67.2 Å². The summed E-state index contributed by atoms with van der Waals surface area (Å²) in [6, 6.07) is 32.9. The van der Waals surface area contributed by atoms with Crippen molar-refractivity contribution in [2.24, 2.45) is 5.92 Å². The van der Waals surface area contributed by atoms with Gasteiger partial charge in [0.05, 0.1) is 11.3 Å². The Labute approximate surface area is 281 Å². The van der Waals surface area contributed by atoms with Crippen molar-refractivity contribution in [3.8, 4) is 33.5 Å². The van der Waals surface area contributed by atoms with E-state index in [2.05, 4.69) is 126 Å². The van der Waals surface area contributed by atoms with Crippen LogP contribution in [0.5, 0.6) is 0 Å². The first-order valence-electron chi connectivity index (χ1n) is 15.4. The molecule has 5 aromatic rings. The molecule has 0 aliphatic heterocycles. The Bertz CT molecular complexity index is 1870. The Hall–Kier alpha value is -3.85. The smallest absolute Gasteiger partial charge is 0.155 e. The molecule has 0 saturated heterocycles. The summed E-state index contributed by atoms with van der Waals surface area (Å²) in [6.07, 6.45) is 2.26. The van der Waals surface area contributed by atoms with Crippen molar-refractivity contribution in [1.82, 2.24) is 4.98 Å². The van der Waals surface area contributed by atoms with Crippen molar-refractivity contribution in [3.63, 3.8) is 0 Å². The number of rotatable bonds is 5. The quantitative estimate of drug-likeness (QED) is 0.110. The number of hydrogen-bond acceptors (Lipinski definition) is 3. The van der Waals surface area contributed by atoms with Gasteiger partial charge in [-0.3, -0.25) is 9.78 Å². The normalized spacial score (nSPS) is 13.0. The number of aromatic nitrogens is 1. The molecule has 0 saturated carbocycles. The van der Waals surface area contributed by atoms with Crippen LogP contribution >= 0.6 is 0 Å². The van der Waals surface area contributed by atoms with Crippen LogP contribution in [0.25, 0.3) is 44.4 Å². The monoisotopic (exact) mass is 773 g/mol. The first-order chi connectivity index (χ1) is 20.8. The largest absolute Gasteiger partial charge is 0.512 e. The number of carbonyl (C=O) groups is 1. The van der Waals surface area contributed by atoms with Crippen molar-refractivity contribution >= 4 is 16.7 Å². The Morgan fingerprint density at radius 3 is 2.18 bits per heavy atom. The fraction of sp³-hybridized carbons (Fsp3) is 0.268. The second-order valence-electron chi connectivity index (χ2n) is 13.1. The van der Waals surface area contributed by atoms with E-state index in [1.54, 1.807) is 0 Å². The molecule has 1 N–H and O–H groups in total. The summed E-state index contributed by atoms with van der Waals surface area (Å²) in [5.41, 5.74) is 14.7. The molecule has 45 heavy (non-hydrogen) atoms. The number of aryl methyl sites for hydroxylation is 2. The number of ketones is 1. The third kappa shape index (κ3) is 7.35. The molecule has 6 rings (SSSR count). The predicted octanol–water partition coefficient (Wildman–Crippen LogP) is 10.5. The average molecular weight is 773 g/mol. The van der Waals surface area contributed by atoms with Gasteiger partial charge in [-0.1, -0.05) is 96.1 Å². The van der Waals surface area contributed by atoms with Gasteiger partial charge in [0.2, 0.25) is 0 Å². The zero-order valence-electron chi connectivity index (χ0n) is 27.5. The van der Waals surface area contributed by atoms with Gasteiger partial charge in [0.1, 0.15) is 0 Å². The number of carbonyl (C=O) groups excluding carboxylic acids is 1. The van der Waals surface area contributed by atoms with Gasteiger partial charge in [-0.05, 0) is 83.0 Å². The van der Waals surface area contributed by atoms with Gasteiger partial charge < -0.3 is 5.11 Å². The fourth-order valence-electron chi connectivity index (χ4n) is 6.42. The van der Waals surface area contributed by atoms with Gasteiger partial charge in [-0.2, -0.15) is 0 Å². The molecule has 1 aliphatic rings. The Kier molecular flexibility index (Phi) is 10.3. The molecule has 0 amide bonds.